The van der Waals surface area contributed by atoms with E-state index in [4.69, 9.17) is 4.74 Å². The summed E-state index contributed by atoms with van der Waals surface area (Å²) in [6, 6.07) is 12.8. The maximum Gasteiger partial charge on any atom is 0.251 e. The van der Waals surface area contributed by atoms with Crippen molar-refractivity contribution in [3.05, 3.63) is 59.4 Å². The summed E-state index contributed by atoms with van der Waals surface area (Å²) in [5, 5.41) is 18.7. The Morgan fingerprint density at radius 3 is 2.46 bits per heavy atom. The number of amides is 1. The predicted octanol–water partition coefficient (Wildman–Crippen LogP) is 2.52. The molecular weight excluding hydrogens is 356 g/mol. The molecule has 0 radical (unpaired) electrons. The van der Waals surface area contributed by atoms with Crippen LogP contribution in [0.15, 0.2) is 42.5 Å². The van der Waals surface area contributed by atoms with Gasteiger partial charge in [-0.15, -0.1) is 10.2 Å². The molecule has 1 aromatic carbocycles. The van der Waals surface area contributed by atoms with Crippen LogP contribution in [0.25, 0.3) is 5.82 Å². The SMILES string of the molecule is CCOc1ccc(C(=O)NCCNc2ccc(-n3nc(C)cc3C)nn2)cc1. The first-order chi connectivity index (χ1) is 13.6. The van der Waals surface area contributed by atoms with Gasteiger partial charge in [-0.2, -0.15) is 5.10 Å². The van der Waals surface area contributed by atoms with Crippen LogP contribution in [-0.4, -0.2) is 45.6 Å². The highest BCUT2D eigenvalue weighted by molar-refractivity contribution is 5.94. The highest BCUT2D eigenvalue weighted by Crippen LogP contribution is 2.12. The molecule has 2 heterocycles. The molecule has 0 atom stereocenters. The van der Waals surface area contributed by atoms with Crippen molar-refractivity contribution in [1.29, 1.82) is 0 Å². The van der Waals surface area contributed by atoms with Gasteiger partial charge in [0.05, 0.1) is 12.3 Å². The van der Waals surface area contributed by atoms with Crippen molar-refractivity contribution >= 4 is 11.7 Å². The third-order valence-electron chi connectivity index (χ3n) is 4.02. The fraction of sp³-hybridized carbons (Fsp3) is 0.300. The van der Waals surface area contributed by atoms with Gasteiger partial charge in [-0.3, -0.25) is 4.79 Å². The summed E-state index contributed by atoms with van der Waals surface area (Å²) in [6.07, 6.45) is 0. The predicted molar refractivity (Wildman–Crippen MR) is 107 cm³/mol. The maximum atomic E-state index is 12.1. The van der Waals surface area contributed by atoms with Crippen molar-refractivity contribution in [3.63, 3.8) is 0 Å². The number of hydrogen-bond acceptors (Lipinski definition) is 6. The normalized spacial score (nSPS) is 10.5. The first kappa shape index (κ1) is 19.3. The van der Waals surface area contributed by atoms with E-state index in [1.54, 1.807) is 28.9 Å². The minimum atomic E-state index is -0.129. The number of anilines is 1. The van der Waals surface area contributed by atoms with Crippen LogP contribution in [0.2, 0.25) is 0 Å². The molecule has 28 heavy (non-hydrogen) atoms. The number of nitrogens with zero attached hydrogens (tertiary/aromatic N) is 4. The molecule has 8 nitrogen and oxygen atoms in total. The van der Waals surface area contributed by atoms with E-state index >= 15 is 0 Å². The van der Waals surface area contributed by atoms with Crippen LogP contribution in [0, 0.1) is 13.8 Å². The molecule has 3 aromatic rings. The minimum Gasteiger partial charge on any atom is -0.494 e. The molecule has 0 aliphatic carbocycles. The van der Waals surface area contributed by atoms with Crippen LogP contribution in [0.3, 0.4) is 0 Å². The molecule has 2 N–H and O–H groups in total. The Kier molecular flexibility index (Phi) is 6.21. The van der Waals surface area contributed by atoms with Crippen LogP contribution >= 0.6 is 0 Å². The van der Waals surface area contributed by atoms with Crippen LogP contribution in [-0.2, 0) is 0 Å². The molecular formula is C20H24N6O2. The molecule has 146 valence electrons. The van der Waals surface area contributed by atoms with Gasteiger partial charge in [-0.1, -0.05) is 0 Å². The highest BCUT2D eigenvalue weighted by atomic mass is 16.5. The van der Waals surface area contributed by atoms with Crippen molar-refractivity contribution in [2.75, 3.05) is 25.0 Å². The van der Waals surface area contributed by atoms with E-state index in [0.29, 0.717) is 36.9 Å². The summed E-state index contributed by atoms with van der Waals surface area (Å²) in [4.78, 5) is 12.1. The molecule has 8 heteroatoms. The van der Waals surface area contributed by atoms with Crippen molar-refractivity contribution in [2.45, 2.75) is 20.8 Å². The number of hydrogen-bond donors (Lipinski definition) is 2. The molecule has 0 aliphatic heterocycles. The zero-order chi connectivity index (χ0) is 19.9. The Morgan fingerprint density at radius 2 is 1.86 bits per heavy atom. The molecule has 0 spiro atoms. The Hall–Kier alpha value is -3.42. The zero-order valence-corrected chi connectivity index (χ0v) is 16.3. The average molecular weight is 380 g/mol. The first-order valence-electron chi connectivity index (χ1n) is 9.19. The smallest absolute Gasteiger partial charge is 0.251 e. The Morgan fingerprint density at radius 1 is 1.07 bits per heavy atom. The standard InChI is InChI=1S/C20H24N6O2/c1-4-28-17-7-5-16(6-8-17)20(27)22-12-11-21-18-9-10-19(24-23-18)26-15(3)13-14(2)25-26/h5-10,13H,4,11-12H2,1-3H3,(H,21,23)(H,22,27). The van der Waals surface area contributed by atoms with Gasteiger partial charge in [0.25, 0.3) is 5.91 Å². The number of aryl methyl sites for hydroxylation is 2. The zero-order valence-electron chi connectivity index (χ0n) is 16.3. The topological polar surface area (TPSA) is 94.0 Å². The molecule has 0 aliphatic rings. The fourth-order valence-corrected chi connectivity index (χ4v) is 2.73. The van der Waals surface area contributed by atoms with Crippen LogP contribution in [0.5, 0.6) is 5.75 Å². The van der Waals surface area contributed by atoms with Gasteiger partial charge in [0.1, 0.15) is 11.6 Å². The summed E-state index contributed by atoms with van der Waals surface area (Å²) < 4.78 is 7.13. The average Bonchev–Trinajstić information content (AvgIpc) is 3.04. The quantitative estimate of drug-likeness (QED) is 0.583. The third-order valence-corrected chi connectivity index (χ3v) is 4.02. The molecule has 0 fully saturated rings. The number of ether oxygens (including phenoxy) is 1. The Balaban J connectivity index is 1.46. The number of nitrogens with one attached hydrogen (secondary N) is 2. The van der Waals surface area contributed by atoms with Gasteiger partial charge in [-0.05, 0) is 63.2 Å². The summed E-state index contributed by atoms with van der Waals surface area (Å²) in [5.74, 6) is 1.93. The van der Waals surface area contributed by atoms with E-state index in [1.807, 2.05) is 39.0 Å². The lowest BCUT2D eigenvalue weighted by molar-refractivity contribution is 0.0955. The van der Waals surface area contributed by atoms with Crippen LogP contribution in [0.1, 0.15) is 28.7 Å². The van der Waals surface area contributed by atoms with Crippen molar-refractivity contribution in [1.82, 2.24) is 25.3 Å². The Bertz CT molecular complexity index is 919. The van der Waals surface area contributed by atoms with E-state index in [0.717, 1.165) is 17.1 Å². The van der Waals surface area contributed by atoms with E-state index < -0.39 is 0 Å². The minimum absolute atomic E-state index is 0.129. The van der Waals surface area contributed by atoms with Gasteiger partial charge in [0.15, 0.2) is 5.82 Å². The molecule has 2 aromatic heterocycles. The van der Waals surface area contributed by atoms with E-state index in [-0.39, 0.29) is 5.91 Å². The second kappa shape index (κ2) is 8.98. The van der Waals surface area contributed by atoms with Gasteiger partial charge < -0.3 is 15.4 Å². The van der Waals surface area contributed by atoms with E-state index in [2.05, 4.69) is 25.9 Å². The summed E-state index contributed by atoms with van der Waals surface area (Å²) in [7, 11) is 0. The Labute approximate surface area is 163 Å². The monoisotopic (exact) mass is 380 g/mol. The lowest BCUT2D eigenvalue weighted by Gasteiger charge is -2.08. The van der Waals surface area contributed by atoms with Crippen molar-refractivity contribution in [3.8, 4) is 11.6 Å². The summed E-state index contributed by atoms with van der Waals surface area (Å²) in [5.41, 5.74) is 2.53. The number of benzene rings is 1. The van der Waals surface area contributed by atoms with E-state index in [9.17, 15) is 4.79 Å². The second-order valence-electron chi connectivity index (χ2n) is 6.26. The molecule has 3 rings (SSSR count). The van der Waals surface area contributed by atoms with E-state index in [1.165, 1.54) is 0 Å². The fourth-order valence-electron chi connectivity index (χ4n) is 2.73. The molecule has 0 saturated carbocycles. The molecule has 1 amide bonds. The second-order valence-corrected chi connectivity index (χ2v) is 6.26. The van der Waals surface area contributed by atoms with Gasteiger partial charge in [0, 0.05) is 24.3 Å². The number of carbonyl (C=O) groups is 1. The number of rotatable bonds is 8. The van der Waals surface area contributed by atoms with Crippen LogP contribution < -0.4 is 15.4 Å². The van der Waals surface area contributed by atoms with Crippen molar-refractivity contribution < 1.29 is 9.53 Å². The number of aromatic nitrogens is 4. The molecule has 0 saturated heterocycles. The lowest BCUT2D eigenvalue weighted by Crippen LogP contribution is -2.28. The van der Waals surface area contributed by atoms with Gasteiger partial charge in [-0.25, -0.2) is 4.68 Å². The van der Waals surface area contributed by atoms with Gasteiger partial charge >= 0.3 is 0 Å². The summed E-state index contributed by atoms with van der Waals surface area (Å²) in [6.45, 7) is 7.44. The first-order valence-corrected chi connectivity index (χ1v) is 9.19. The molecule has 0 bridgehead atoms. The lowest BCUT2D eigenvalue weighted by atomic mass is 10.2. The number of carbonyl (C=O) groups excluding carboxylic acids is 1. The maximum absolute atomic E-state index is 12.1. The largest absolute Gasteiger partial charge is 0.494 e. The molecule has 0 unspecified atom stereocenters. The van der Waals surface area contributed by atoms with Gasteiger partial charge in [0.2, 0.25) is 0 Å². The highest BCUT2D eigenvalue weighted by Gasteiger charge is 2.07. The van der Waals surface area contributed by atoms with Crippen molar-refractivity contribution in [2.24, 2.45) is 0 Å². The summed E-state index contributed by atoms with van der Waals surface area (Å²) >= 11 is 0. The third kappa shape index (κ3) is 4.85. The van der Waals surface area contributed by atoms with Crippen LogP contribution in [0.4, 0.5) is 5.82 Å².